The lowest BCUT2D eigenvalue weighted by atomic mass is 9.94. The van der Waals surface area contributed by atoms with Crippen LogP contribution in [-0.2, 0) is 21.4 Å². The lowest BCUT2D eigenvalue weighted by Gasteiger charge is -2.31. The molecule has 1 N–H and O–H groups in total. The number of sulfonamides is 1. The molecule has 8 nitrogen and oxygen atoms in total. The van der Waals surface area contributed by atoms with Crippen molar-refractivity contribution in [2.45, 2.75) is 44.0 Å². The number of rotatable bonds is 7. The molecule has 0 saturated carbocycles. The first kappa shape index (κ1) is 23.2. The number of hydrogen-bond donors (Lipinski definition) is 1. The Balaban J connectivity index is 1.39. The van der Waals surface area contributed by atoms with Gasteiger partial charge in [0.15, 0.2) is 5.58 Å². The molecule has 0 unspecified atom stereocenters. The molecule has 2 heterocycles. The number of aryl methyl sites for hydroxylation is 1. The summed E-state index contributed by atoms with van der Waals surface area (Å²) in [5, 5.41) is 2.74. The fourth-order valence-corrected chi connectivity index (χ4v) is 5.64. The molecular weight excluding hydrogens is 449 g/mol. The molecule has 3 aromatic rings. The molecule has 1 saturated heterocycles. The van der Waals surface area contributed by atoms with Crippen molar-refractivity contribution in [3.05, 3.63) is 58.8 Å². The van der Waals surface area contributed by atoms with Crippen LogP contribution in [0.25, 0.3) is 11.1 Å². The quantitative estimate of drug-likeness (QED) is 0.563. The van der Waals surface area contributed by atoms with E-state index >= 15 is 0 Å². The Morgan fingerprint density at radius 2 is 1.85 bits per heavy atom. The van der Waals surface area contributed by atoms with E-state index in [4.69, 9.17) is 4.42 Å². The van der Waals surface area contributed by atoms with Crippen LogP contribution in [0.4, 0.5) is 10.1 Å². The van der Waals surface area contributed by atoms with Crippen LogP contribution in [0.15, 0.2) is 56.6 Å². The lowest BCUT2D eigenvalue weighted by molar-refractivity contribution is -0.117. The monoisotopic (exact) mass is 475 g/mol. The molecule has 1 fully saturated rings. The Bertz CT molecular complexity index is 1310. The second kappa shape index (κ2) is 9.48. The third kappa shape index (κ3) is 5.01. The molecule has 2 aromatic carbocycles. The fraction of sp³-hybridized carbons (Fsp3) is 0.391. The van der Waals surface area contributed by atoms with E-state index in [2.05, 4.69) is 5.32 Å². The first-order valence-electron chi connectivity index (χ1n) is 11.0. The molecule has 4 rings (SSSR count). The number of hydrogen-bond acceptors (Lipinski definition) is 5. The Labute approximate surface area is 191 Å². The lowest BCUT2D eigenvalue weighted by Crippen LogP contribution is -2.39. The highest BCUT2D eigenvalue weighted by atomic mass is 32.2. The molecule has 1 aliphatic rings. The summed E-state index contributed by atoms with van der Waals surface area (Å²) in [4.78, 5) is 24.4. The van der Waals surface area contributed by atoms with E-state index in [1.54, 1.807) is 6.07 Å². The maximum absolute atomic E-state index is 13.1. The van der Waals surface area contributed by atoms with E-state index in [-0.39, 0.29) is 34.5 Å². The van der Waals surface area contributed by atoms with Crippen LogP contribution in [0.3, 0.4) is 0 Å². The maximum Gasteiger partial charge on any atom is 0.419 e. The average Bonchev–Trinajstić information content (AvgIpc) is 3.10. The Hall–Kier alpha value is -2.98. The second-order valence-corrected chi connectivity index (χ2v) is 10.2. The van der Waals surface area contributed by atoms with Gasteiger partial charge in [0.1, 0.15) is 5.82 Å². The SMILES string of the molecule is CCCn1c(=O)oc2cc(S(=O)(=O)N3CCC(CC(=O)Nc4ccc(F)cc4)CC3)ccc21. The molecule has 1 amide bonds. The van der Waals surface area contributed by atoms with Crippen LogP contribution in [0.2, 0.25) is 0 Å². The molecule has 176 valence electrons. The third-order valence-corrected chi connectivity index (χ3v) is 7.79. The van der Waals surface area contributed by atoms with Crippen molar-refractivity contribution in [2.24, 2.45) is 5.92 Å². The van der Waals surface area contributed by atoms with Gasteiger partial charge >= 0.3 is 5.76 Å². The summed E-state index contributed by atoms with van der Waals surface area (Å²) in [6, 6.07) is 10.1. The van der Waals surface area contributed by atoms with Crippen molar-refractivity contribution in [3.8, 4) is 0 Å². The van der Waals surface area contributed by atoms with Gasteiger partial charge in [-0.15, -0.1) is 0 Å². The van der Waals surface area contributed by atoms with Crippen molar-refractivity contribution in [1.82, 2.24) is 8.87 Å². The molecule has 1 aliphatic heterocycles. The highest BCUT2D eigenvalue weighted by Gasteiger charge is 2.30. The topological polar surface area (TPSA) is 102 Å². The largest absolute Gasteiger partial charge is 0.419 e. The number of fused-ring (bicyclic) bond motifs is 1. The van der Waals surface area contributed by atoms with E-state index in [1.165, 1.54) is 45.3 Å². The van der Waals surface area contributed by atoms with E-state index in [0.29, 0.717) is 43.7 Å². The number of anilines is 1. The van der Waals surface area contributed by atoms with Crippen LogP contribution in [0.5, 0.6) is 0 Å². The van der Waals surface area contributed by atoms with E-state index < -0.39 is 15.8 Å². The summed E-state index contributed by atoms with van der Waals surface area (Å²) >= 11 is 0. The van der Waals surface area contributed by atoms with Crippen LogP contribution < -0.4 is 11.1 Å². The number of benzene rings is 2. The molecule has 0 aliphatic carbocycles. The number of aromatic nitrogens is 1. The minimum Gasteiger partial charge on any atom is -0.408 e. The standard InChI is InChI=1S/C23H26FN3O5S/c1-2-11-27-20-8-7-19(15-21(20)32-23(27)29)33(30,31)26-12-9-16(10-13-26)14-22(28)25-18-5-3-17(24)4-6-18/h3-8,15-16H,2,9-14H2,1H3,(H,25,28). The zero-order valence-corrected chi connectivity index (χ0v) is 19.1. The van der Waals surface area contributed by atoms with Gasteiger partial charge in [-0.3, -0.25) is 9.36 Å². The molecular formula is C23H26FN3O5S. The molecule has 0 radical (unpaired) electrons. The van der Waals surface area contributed by atoms with Gasteiger partial charge in [-0.25, -0.2) is 17.6 Å². The predicted molar refractivity (Wildman–Crippen MR) is 122 cm³/mol. The molecule has 0 atom stereocenters. The number of nitrogens with zero attached hydrogens (tertiary/aromatic N) is 2. The molecule has 33 heavy (non-hydrogen) atoms. The number of halogens is 1. The second-order valence-electron chi connectivity index (χ2n) is 8.26. The molecule has 1 aromatic heterocycles. The zero-order chi connectivity index (χ0) is 23.6. The molecule has 0 spiro atoms. The number of amides is 1. The van der Waals surface area contributed by atoms with Gasteiger partial charge in [0.2, 0.25) is 15.9 Å². The van der Waals surface area contributed by atoms with Crippen LogP contribution in [-0.4, -0.2) is 36.3 Å². The maximum atomic E-state index is 13.1. The van der Waals surface area contributed by atoms with Gasteiger partial charge in [0.25, 0.3) is 0 Å². The number of carbonyl (C=O) groups is 1. The van der Waals surface area contributed by atoms with E-state index in [9.17, 15) is 22.4 Å². The van der Waals surface area contributed by atoms with E-state index in [0.717, 1.165) is 6.42 Å². The van der Waals surface area contributed by atoms with Crippen LogP contribution in [0, 0.1) is 11.7 Å². The van der Waals surface area contributed by atoms with Gasteiger partial charge in [-0.05, 0) is 61.6 Å². The highest BCUT2D eigenvalue weighted by molar-refractivity contribution is 7.89. The van der Waals surface area contributed by atoms with Crippen molar-refractivity contribution in [2.75, 3.05) is 18.4 Å². The Kier molecular flexibility index (Phi) is 6.66. The van der Waals surface area contributed by atoms with Gasteiger partial charge < -0.3 is 9.73 Å². The first-order valence-corrected chi connectivity index (χ1v) is 12.4. The van der Waals surface area contributed by atoms with Gasteiger partial charge in [-0.1, -0.05) is 6.92 Å². The smallest absolute Gasteiger partial charge is 0.408 e. The minimum absolute atomic E-state index is 0.0560. The predicted octanol–water partition coefficient (Wildman–Crippen LogP) is 3.57. The summed E-state index contributed by atoms with van der Waals surface area (Å²) in [6.45, 7) is 3.05. The summed E-state index contributed by atoms with van der Waals surface area (Å²) in [5.74, 6) is -0.997. The fourth-order valence-electron chi connectivity index (χ4n) is 4.15. The van der Waals surface area contributed by atoms with Crippen molar-refractivity contribution in [3.63, 3.8) is 0 Å². The van der Waals surface area contributed by atoms with Gasteiger partial charge in [0, 0.05) is 37.8 Å². The average molecular weight is 476 g/mol. The number of oxazole rings is 1. The zero-order valence-electron chi connectivity index (χ0n) is 18.3. The van der Waals surface area contributed by atoms with Gasteiger partial charge in [-0.2, -0.15) is 4.31 Å². The normalized spacial score (nSPS) is 15.7. The molecule has 0 bridgehead atoms. The Morgan fingerprint density at radius 1 is 1.15 bits per heavy atom. The summed E-state index contributed by atoms with van der Waals surface area (Å²) < 4.78 is 47.4. The van der Waals surface area contributed by atoms with Crippen molar-refractivity contribution in [1.29, 1.82) is 0 Å². The Morgan fingerprint density at radius 3 is 2.52 bits per heavy atom. The van der Waals surface area contributed by atoms with E-state index in [1.807, 2.05) is 6.92 Å². The van der Waals surface area contributed by atoms with Crippen molar-refractivity contribution >= 4 is 32.7 Å². The third-order valence-electron chi connectivity index (χ3n) is 5.90. The first-order chi connectivity index (χ1) is 15.8. The number of nitrogens with one attached hydrogen (secondary N) is 1. The van der Waals surface area contributed by atoms with Crippen molar-refractivity contribution < 1.29 is 22.0 Å². The summed E-state index contributed by atoms with van der Waals surface area (Å²) in [7, 11) is -3.75. The summed E-state index contributed by atoms with van der Waals surface area (Å²) in [5.41, 5.74) is 1.35. The molecule has 10 heteroatoms. The van der Waals surface area contributed by atoms with Gasteiger partial charge in [0.05, 0.1) is 10.4 Å². The highest BCUT2D eigenvalue weighted by Crippen LogP contribution is 2.27. The van der Waals surface area contributed by atoms with Crippen LogP contribution in [0.1, 0.15) is 32.6 Å². The minimum atomic E-state index is -3.75. The summed E-state index contributed by atoms with van der Waals surface area (Å²) in [6.07, 6.45) is 2.14. The van der Waals surface area contributed by atoms with Crippen LogP contribution >= 0.6 is 0 Å². The number of carbonyl (C=O) groups excluding carboxylic acids is 1. The number of piperidine rings is 1.